The number of carbonyl (C=O) groups excluding carboxylic acids is 1. The van der Waals surface area contributed by atoms with Crippen LogP contribution in [-0.2, 0) is 4.74 Å². The van der Waals surface area contributed by atoms with E-state index in [0.29, 0.717) is 28.9 Å². The number of amides is 1. The fraction of sp³-hybridized carbons (Fsp3) is 0.188. The van der Waals surface area contributed by atoms with E-state index in [1.165, 1.54) is 4.90 Å². The molecule has 114 valence electrons. The van der Waals surface area contributed by atoms with E-state index < -0.39 is 6.09 Å². The molecule has 2 aromatic rings. The van der Waals surface area contributed by atoms with Gasteiger partial charge in [-0.2, -0.15) is 0 Å². The van der Waals surface area contributed by atoms with Crippen molar-refractivity contribution >= 4 is 35.0 Å². The highest BCUT2D eigenvalue weighted by Crippen LogP contribution is 2.29. The van der Waals surface area contributed by atoms with Crippen LogP contribution in [0.2, 0.25) is 10.0 Å². The summed E-state index contributed by atoms with van der Waals surface area (Å²) in [5.74, 6) is 0.742. The van der Waals surface area contributed by atoms with Crippen LogP contribution >= 0.6 is 23.2 Å². The molecule has 1 amide bonds. The van der Waals surface area contributed by atoms with Crippen LogP contribution in [0, 0.1) is 0 Å². The van der Waals surface area contributed by atoms with E-state index in [2.05, 4.69) is 0 Å². The summed E-state index contributed by atoms with van der Waals surface area (Å²) in [6, 6.07) is 14.4. The number of para-hydroxylation sites is 1. The van der Waals surface area contributed by atoms with Crippen molar-refractivity contribution in [1.82, 2.24) is 0 Å². The predicted molar refractivity (Wildman–Crippen MR) is 86.0 cm³/mol. The first kappa shape index (κ1) is 15.0. The molecule has 1 aliphatic heterocycles. The Morgan fingerprint density at radius 2 is 1.91 bits per heavy atom. The van der Waals surface area contributed by atoms with Crippen molar-refractivity contribution in [2.24, 2.45) is 0 Å². The first-order valence-corrected chi connectivity index (χ1v) is 7.50. The molecule has 0 N–H and O–H groups in total. The molecule has 0 bridgehead atoms. The maximum absolute atomic E-state index is 12.0. The Morgan fingerprint density at radius 1 is 1.14 bits per heavy atom. The SMILES string of the molecule is O=C1O[C@H](COc2ccccc2)CN1c1ccc(Cl)c(Cl)c1. The summed E-state index contributed by atoms with van der Waals surface area (Å²) in [6.07, 6.45) is -0.748. The van der Waals surface area contributed by atoms with E-state index in [4.69, 9.17) is 32.7 Å². The van der Waals surface area contributed by atoms with Crippen LogP contribution in [0.1, 0.15) is 0 Å². The largest absolute Gasteiger partial charge is 0.490 e. The minimum atomic E-state index is -0.417. The molecular formula is C16H13Cl2NO3. The first-order valence-electron chi connectivity index (χ1n) is 6.74. The van der Waals surface area contributed by atoms with Crippen LogP contribution in [0.25, 0.3) is 0 Å². The Hall–Kier alpha value is -1.91. The smallest absolute Gasteiger partial charge is 0.414 e. The van der Waals surface area contributed by atoms with E-state index in [1.807, 2.05) is 30.3 Å². The number of halogens is 2. The van der Waals surface area contributed by atoms with Crippen molar-refractivity contribution in [3.63, 3.8) is 0 Å². The summed E-state index contributed by atoms with van der Waals surface area (Å²) in [4.78, 5) is 13.5. The molecule has 0 aromatic heterocycles. The topological polar surface area (TPSA) is 38.8 Å². The average molecular weight is 338 g/mol. The van der Waals surface area contributed by atoms with Gasteiger partial charge in [-0.3, -0.25) is 4.90 Å². The Balaban J connectivity index is 1.64. The Bertz CT molecular complexity index is 678. The van der Waals surface area contributed by atoms with Gasteiger partial charge in [-0.25, -0.2) is 4.79 Å². The molecule has 1 atom stereocenters. The number of carbonyl (C=O) groups is 1. The second kappa shape index (κ2) is 6.46. The minimum absolute atomic E-state index is 0.299. The van der Waals surface area contributed by atoms with Gasteiger partial charge < -0.3 is 9.47 Å². The molecule has 6 heteroatoms. The van der Waals surface area contributed by atoms with Crippen molar-refractivity contribution in [2.75, 3.05) is 18.1 Å². The molecule has 4 nitrogen and oxygen atoms in total. The summed E-state index contributed by atoms with van der Waals surface area (Å²) in [7, 11) is 0. The summed E-state index contributed by atoms with van der Waals surface area (Å²) in [5, 5.41) is 0.845. The highest BCUT2D eigenvalue weighted by atomic mass is 35.5. The first-order chi connectivity index (χ1) is 10.6. The number of nitrogens with zero attached hydrogens (tertiary/aromatic N) is 1. The van der Waals surface area contributed by atoms with Crippen molar-refractivity contribution in [3.05, 3.63) is 58.6 Å². The van der Waals surface area contributed by atoms with Crippen LogP contribution in [-0.4, -0.2) is 25.3 Å². The van der Waals surface area contributed by atoms with Gasteiger partial charge in [0.1, 0.15) is 12.4 Å². The monoisotopic (exact) mass is 337 g/mol. The fourth-order valence-corrected chi connectivity index (χ4v) is 2.47. The van der Waals surface area contributed by atoms with Crippen LogP contribution in [0.4, 0.5) is 10.5 Å². The lowest BCUT2D eigenvalue weighted by molar-refractivity contribution is 0.105. The van der Waals surface area contributed by atoms with Crippen molar-refractivity contribution in [2.45, 2.75) is 6.10 Å². The Kier molecular flexibility index (Phi) is 4.41. The summed E-state index contributed by atoms with van der Waals surface area (Å²) < 4.78 is 10.9. The van der Waals surface area contributed by atoms with E-state index in [1.54, 1.807) is 18.2 Å². The van der Waals surface area contributed by atoms with Gasteiger partial charge in [0.15, 0.2) is 6.10 Å². The van der Waals surface area contributed by atoms with Gasteiger partial charge in [0, 0.05) is 5.69 Å². The van der Waals surface area contributed by atoms with E-state index in [9.17, 15) is 4.79 Å². The molecule has 0 aliphatic carbocycles. The van der Waals surface area contributed by atoms with E-state index >= 15 is 0 Å². The number of benzene rings is 2. The van der Waals surface area contributed by atoms with E-state index in [-0.39, 0.29) is 6.10 Å². The number of hydrogen-bond donors (Lipinski definition) is 0. The van der Waals surface area contributed by atoms with Gasteiger partial charge in [0.25, 0.3) is 0 Å². The zero-order valence-corrected chi connectivity index (χ0v) is 13.1. The van der Waals surface area contributed by atoms with Crippen molar-refractivity contribution in [1.29, 1.82) is 0 Å². The highest BCUT2D eigenvalue weighted by molar-refractivity contribution is 6.42. The third-order valence-corrected chi connectivity index (χ3v) is 4.01. The lowest BCUT2D eigenvalue weighted by Crippen LogP contribution is -2.26. The second-order valence-electron chi connectivity index (χ2n) is 4.84. The lowest BCUT2D eigenvalue weighted by atomic mass is 10.2. The molecule has 1 aliphatic rings. The minimum Gasteiger partial charge on any atom is -0.490 e. The molecular weight excluding hydrogens is 325 g/mol. The highest BCUT2D eigenvalue weighted by Gasteiger charge is 2.33. The van der Waals surface area contributed by atoms with E-state index in [0.717, 1.165) is 5.75 Å². The lowest BCUT2D eigenvalue weighted by Gasteiger charge is -2.14. The maximum Gasteiger partial charge on any atom is 0.414 e. The number of anilines is 1. The van der Waals surface area contributed by atoms with Crippen molar-refractivity contribution < 1.29 is 14.3 Å². The Labute approximate surface area is 138 Å². The van der Waals surface area contributed by atoms with Crippen LogP contribution < -0.4 is 9.64 Å². The quantitative estimate of drug-likeness (QED) is 0.830. The molecule has 1 heterocycles. The Morgan fingerprint density at radius 3 is 2.64 bits per heavy atom. The van der Waals surface area contributed by atoms with Gasteiger partial charge in [-0.1, -0.05) is 41.4 Å². The normalized spacial score (nSPS) is 17.5. The molecule has 1 fully saturated rings. The molecule has 1 saturated heterocycles. The van der Waals surface area contributed by atoms with Crippen LogP contribution in [0.15, 0.2) is 48.5 Å². The third kappa shape index (κ3) is 3.29. The van der Waals surface area contributed by atoms with Gasteiger partial charge in [-0.05, 0) is 30.3 Å². The molecule has 0 saturated carbocycles. The summed E-state index contributed by atoms with van der Waals surface area (Å²) >= 11 is 11.9. The summed E-state index contributed by atoms with van der Waals surface area (Å²) in [6.45, 7) is 0.706. The fourth-order valence-electron chi connectivity index (χ4n) is 2.18. The van der Waals surface area contributed by atoms with Gasteiger partial charge in [0.2, 0.25) is 0 Å². The number of ether oxygens (including phenoxy) is 2. The van der Waals surface area contributed by atoms with Gasteiger partial charge >= 0.3 is 6.09 Å². The van der Waals surface area contributed by atoms with Crippen LogP contribution in [0.3, 0.4) is 0 Å². The van der Waals surface area contributed by atoms with Crippen LogP contribution in [0.5, 0.6) is 5.75 Å². The van der Waals surface area contributed by atoms with Gasteiger partial charge in [0.05, 0.1) is 16.6 Å². The zero-order chi connectivity index (χ0) is 15.5. The van der Waals surface area contributed by atoms with Gasteiger partial charge in [-0.15, -0.1) is 0 Å². The standard InChI is InChI=1S/C16H13Cl2NO3/c17-14-7-6-11(8-15(14)18)19-9-13(22-16(19)20)10-21-12-4-2-1-3-5-12/h1-8,13H,9-10H2/t13-/m0/s1. The maximum atomic E-state index is 12.0. The zero-order valence-electron chi connectivity index (χ0n) is 11.5. The third-order valence-electron chi connectivity index (χ3n) is 3.27. The van der Waals surface area contributed by atoms with Crippen molar-refractivity contribution in [3.8, 4) is 5.75 Å². The second-order valence-corrected chi connectivity index (χ2v) is 5.65. The predicted octanol–water partition coefficient (Wildman–Crippen LogP) is 4.40. The number of hydrogen-bond acceptors (Lipinski definition) is 3. The molecule has 0 radical (unpaired) electrons. The molecule has 2 aromatic carbocycles. The number of rotatable bonds is 4. The molecule has 22 heavy (non-hydrogen) atoms. The summed E-state index contributed by atoms with van der Waals surface area (Å²) in [5.41, 5.74) is 0.654. The molecule has 0 spiro atoms. The average Bonchev–Trinajstić information content (AvgIpc) is 2.90. The molecule has 0 unspecified atom stereocenters. The number of cyclic esters (lactones) is 1. The molecule has 3 rings (SSSR count).